The summed E-state index contributed by atoms with van der Waals surface area (Å²) in [6.45, 7) is 0.125. The standard InChI is InChI=1S/C11H11Br2NO5/c12-9-6(4-7(16)11(18)10(9)13)5-14-19-8(17)2-1-3-15/h3-4,14,16,18H,1-2,5H2. The Morgan fingerprint density at radius 2 is 2.05 bits per heavy atom. The molecule has 1 rings (SSSR count). The van der Waals surface area contributed by atoms with Crippen molar-refractivity contribution in [3.8, 4) is 11.5 Å². The molecule has 0 aliphatic rings. The molecule has 0 bridgehead atoms. The number of hydroxylamine groups is 1. The Morgan fingerprint density at radius 3 is 2.68 bits per heavy atom. The predicted octanol–water partition coefficient (Wildman–Crippen LogP) is 2.15. The van der Waals surface area contributed by atoms with Gasteiger partial charge < -0.3 is 19.8 Å². The molecule has 1 aromatic carbocycles. The maximum Gasteiger partial charge on any atom is 0.325 e. The van der Waals surface area contributed by atoms with Crippen LogP contribution in [-0.4, -0.2) is 22.5 Å². The van der Waals surface area contributed by atoms with Crippen LogP contribution in [0.25, 0.3) is 0 Å². The Kier molecular flexibility index (Phi) is 6.26. The molecule has 0 heterocycles. The summed E-state index contributed by atoms with van der Waals surface area (Å²) in [4.78, 5) is 25.9. The summed E-state index contributed by atoms with van der Waals surface area (Å²) in [5.74, 6) is -1.12. The number of halogens is 2. The summed E-state index contributed by atoms with van der Waals surface area (Å²) in [5, 5.41) is 18.9. The van der Waals surface area contributed by atoms with Crippen molar-refractivity contribution in [2.75, 3.05) is 0 Å². The minimum atomic E-state index is -0.551. The normalized spacial score (nSPS) is 10.2. The van der Waals surface area contributed by atoms with Gasteiger partial charge in [-0.15, -0.1) is 5.48 Å². The molecule has 0 spiro atoms. The topological polar surface area (TPSA) is 95.9 Å². The first-order valence-corrected chi connectivity index (χ1v) is 6.81. The zero-order valence-corrected chi connectivity index (χ0v) is 12.8. The van der Waals surface area contributed by atoms with Gasteiger partial charge in [-0.2, -0.15) is 0 Å². The van der Waals surface area contributed by atoms with E-state index in [9.17, 15) is 19.8 Å². The second-order valence-electron chi connectivity index (χ2n) is 3.53. The maximum absolute atomic E-state index is 11.1. The van der Waals surface area contributed by atoms with E-state index in [-0.39, 0.29) is 30.9 Å². The van der Waals surface area contributed by atoms with E-state index in [1.54, 1.807) is 0 Å². The number of carbonyl (C=O) groups is 2. The summed E-state index contributed by atoms with van der Waals surface area (Å²) in [5.41, 5.74) is 2.99. The lowest BCUT2D eigenvalue weighted by Crippen LogP contribution is -2.19. The molecule has 0 radical (unpaired) electrons. The first kappa shape index (κ1) is 15.9. The molecule has 0 atom stereocenters. The number of phenolic OH excluding ortho intramolecular Hbond substituents is 2. The molecule has 0 fully saturated rings. The van der Waals surface area contributed by atoms with E-state index < -0.39 is 5.97 Å². The molecule has 8 heteroatoms. The number of hydrogen-bond donors (Lipinski definition) is 3. The molecule has 104 valence electrons. The fraction of sp³-hybridized carbons (Fsp3) is 0.273. The van der Waals surface area contributed by atoms with Crippen LogP contribution in [0.3, 0.4) is 0 Å². The van der Waals surface area contributed by atoms with Crippen LogP contribution in [0.2, 0.25) is 0 Å². The third-order valence-corrected chi connectivity index (χ3v) is 4.36. The molecule has 0 unspecified atom stereocenters. The molecule has 0 aromatic heterocycles. The second kappa shape index (κ2) is 7.46. The smallest absolute Gasteiger partial charge is 0.325 e. The van der Waals surface area contributed by atoms with Gasteiger partial charge in [0.2, 0.25) is 0 Å². The van der Waals surface area contributed by atoms with Crippen LogP contribution in [0, 0.1) is 0 Å². The Balaban J connectivity index is 2.59. The van der Waals surface area contributed by atoms with E-state index >= 15 is 0 Å². The Morgan fingerprint density at radius 1 is 1.37 bits per heavy atom. The van der Waals surface area contributed by atoms with Crippen molar-refractivity contribution >= 4 is 44.1 Å². The van der Waals surface area contributed by atoms with Gasteiger partial charge in [-0.3, -0.25) is 4.79 Å². The van der Waals surface area contributed by atoms with E-state index in [0.29, 0.717) is 20.8 Å². The van der Waals surface area contributed by atoms with E-state index in [0.717, 1.165) is 0 Å². The van der Waals surface area contributed by atoms with Gasteiger partial charge in [0.05, 0.1) is 17.4 Å². The van der Waals surface area contributed by atoms with Crippen molar-refractivity contribution in [3.05, 3.63) is 20.6 Å². The average Bonchev–Trinajstić information content (AvgIpc) is 2.39. The number of phenols is 2. The van der Waals surface area contributed by atoms with Gasteiger partial charge >= 0.3 is 5.97 Å². The van der Waals surface area contributed by atoms with Crippen molar-refractivity contribution in [3.63, 3.8) is 0 Å². The van der Waals surface area contributed by atoms with Crippen LogP contribution in [0.15, 0.2) is 15.0 Å². The van der Waals surface area contributed by atoms with Crippen molar-refractivity contribution in [1.82, 2.24) is 5.48 Å². The first-order valence-electron chi connectivity index (χ1n) is 5.22. The second-order valence-corrected chi connectivity index (χ2v) is 5.12. The van der Waals surface area contributed by atoms with Crippen molar-refractivity contribution in [1.29, 1.82) is 0 Å². The molecule has 3 N–H and O–H groups in total. The average molecular weight is 397 g/mol. The molecular formula is C11H11Br2NO5. The minimum Gasteiger partial charge on any atom is -0.504 e. The van der Waals surface area contributed by atoms with Crippen LogP contribution in [0.5, 0.6) is 11.5 Å². The number of nitrogens with one attached hydrogen (secondary N) is 1. The molecule has 1 aromatic rings. The number of aldehydes is 1. The third-order valence-electron chi connectivity index (χ3n) is 2.15. The van der Waals surface area contributed by atoms with Crippen LogP contribution >= 0.6 is 31.9 Å². The zero-order valence-electron chi connectivity index (χ0n) is 9.65. The summed E-state index contributed by atoms with van der Waals surface area (Å²) >= 11 is 6.33. The Labute approximate surface area is 126 Å². The summed E-state index contributed by atoms with van der Waals surface area (Å²) < 4.78 is 0.829. The number of hydrogen-bond acceptors (Lipinski definition) is 6. The highest BCUT2D eigenvalue weighted by molar-refractivity contribution is 9.13. The molecule has 0 amide bonds. The highest BCUT2D eigenvalue weighted by Crippen LogP contribution is 2.40. The van der Waals surface area contributed by atoms with Gasteiger partial charge in [0.15, 0.2) is 11.5 Å². The molecule has 19 heavy (non-hydrogen) atoms. The number of carbonyl (C=O) groups excluding carboxylic acids is 2. The molecule has 0 aliphatic carbocycles. The van der Waals surface area contributed by atoms with E-state index in [1.165, 1.54) is 6.07 Å². The molecular weight excluding hydrogens is 386 g/mol. The lowest BCUT2D eigenvalue weighted by Gasteiger charge is -2.10. The summed E-state index contributed by atoms with van der Waals surface area (Å²) in [7, 11) is 0. The lowest BCUT2D eigenvalue weighted by atomic mass is 10.2. The Hall–Kier alpha value is -1.12. The molecule has 0 aliphatic heterocycles. The van der Waals surface area contributed by atoms with E-state index in [1.807, 2.05) is 0 Å². The molecule has 0 saturated heterocycles. The molecule has 6 nitrogen and oxygen atoms in total. The monoisotopic (exact) mass is 395 g/mol. The maximum atomic E-state index is 11.1. The highest BCUT2D eigenvalue weighted by atomic mass is 79.9. The highest BCUT2D eigenvalue weighted by Gasteiger charge is 2.14. The summed E-state index contributed by atoms with van der Waals surface area (Å²) in [6, 6.07) is 1.33. The number of aromatic hydroxyl groups is 2. The van der Waals surface area contributed by atoms with Crippen LogP contribution in [0.4, 0.5) is 0 Å². The van der Waals surface area contributed by atoms with Gasteiger partial charge in [0.25, 0.3) is 0 Å². The lowest BCUT2D eigenvalue weighted by molar-refractivity contribution is -0.152. The van der Waals surface area contributed by atoms with Gasteiger partial charge in [0, 0.05) is 10.9 Å². The van der Waals surface area contributed by atoms with Crippen LogP contribution in [-0.2, 0) is 21.0 Å². The van der Waals surface area contributed by atoms with Crippen LogP contribution < -0.4 is 5.48 Å². The summed E-state index contributed by atoms with van der Waals surface area (Å²) in [6.07, 6.45) is 0.741. The first-order chi connectivity index (χ1) is 8.97. The fourth-order valence-corrected chi connectivity index (χ4v) is 2.11. The van der Waals surface area contributed by atoms with Gasteiger partial charge in [0.1, 0.15) is 6.29 Å². The van der Waals surface area contributed by atoms with Gasteiger partial charge in [-0.25, -0.2) is 0 Å². The van der Waals surface area contributed by atoms with Crippen molar-refractivity contribution in [2.45, 2.75) is 19.4 Å². The third kappa shape index (κ3) is 4.48. The van der Waals surface area contributed by atoms with E-state index in [4.69, 9.17) is 0 Å². The SMILES string of the molecule is O=CCCC(=O)ONCc1cc(O)c(O)c(Br)c1Br. The molecule has 0 saturated carbocycles. The number of benzene rings is 1. The van der Waals surface area contributed by atoms with Gasteiger partial charge in [-0.1, -0.05) is 0 Å². The Bertz CT molecular complexity index is 492. The fourth-order valence-electron chi connectivity index (χ4n) is 1.20. The quantitative estimate of drug-likeness (QED) is 0.387. The van der Waals surface area contributed by atoms with Crippen molar-refractivity contribution < 1.29 is 24.6 Å². The zero-order chi connectivity index (χ0) is 14.4. The van der Waals surface area contributed by atoms with E-state index in [2.05, 4.69) is 42.2 Å². The predicted molar refractivity (Wildman–Crippen MR) is 73.4 cm³/mol. The number of rotatable bonds is 6. The van der Waals surface area contributed by atoms with Crippen LogP contribution in [0.1, 0.15) is 18.4 Å². The minimum absolute atomic E-state index is 0.00217. The van der Waals surface area contributed by atoms with Crippen molar-refractivity contribution in [2.24, 2.45) is 0 Å². The largest absolute Gasteiger partial charge is 0.504 e. The van der Waals surface area contributed by atoms with Gasteiger partial charge in [-0.05, 0) is 43.5 Å².